The van der Waals surface area contributed by atoms with Crippen molar-refractivity contribution in [1.29, 1.82) is 0 Å². The first-order chi connectivity index (χ1) is 8.81. The van der Waals surface area contributed by atoms with E-state index in [4.69, 9.17) is 4.74 Å². The van der Waals surface area contributed by atoms with Crippen LogP contribution in [0.25, 0.3) is 5.82 Å². The highest BCUT2D eigenvalue weighted by atomic mass is 79.9. The molecule has 0 amide bonds. The molecule has 5 heteroatoms. The van der Waals surface area contributed by atoms with Gasteiger partial charge in [-0.3, -0.25) is 0 Å². The number of ether oxygens (including phenoxy) is 1. The van der Waals surface area contributed by atoms with E-state index in [1.165, 1.54) is 19.3 Å². The minimum absolute atomic E-state index is 0.735. The van der Waals surface area contributed by atoms with Crippen molar-refractivity contribution in [3.8, 4) is 11.6 Å². The molecule has 0 radical (unpaired) electrons. The summed E-state index contributed by atoms with van der Waals surface area (Å²) in [6.07, 6.45) is 9.30. The Labute approximate surface area is 114 Å². The van der Waals surface area contributed by atoms with Crippen LogP contribution in [0.15, 0.2) is 35.2 Å². The lowest BCUT2D eigenvalue weighted by Gasteiger charge is -2.24. The summed E-state index contributed by atoms with van der Waals surface area (Å²) in [5.74, 6) is 2.34. The Morgan fingerprint density at radius 3 is 2.89 bits per heavy atom. The van der Waals surface area contributed by atoms with Crippen LogP contribution in [-0.4, -0.2) is 21.4 Å². The fourth-order valence-corrected chi connectivity index (χ4v) is 2.12. The van der Waals surface area contributed by atoms with Crippen LogP contribution in [0.3, 0.4) is 0 Å². The minimum atomic E-state index is 0.735. The first-order valence-corrected chi connectivity index (χ1v) is 6.90. The van der Waals surface area contributed by atoms with E-state index in [0.29, 0.717) is 0 Å². The number of halogens is 1. The Kier molecular flexibility index (Phi) is 3.32. The van der Waals surface area contributed by atoms with Crippen molar-refractivity contribution in [3.63, 3.8) is 0 Å². The molecule has 18 heavy (non-hydrogen) atoms. The second-order valence-electron chi connectivity index (χ2n) is 4.56. The first kappa shape index (κ1) is 11.7. The molecule has 3 rings (SSSR count). The number of hydrogen-bond acceptors (Lipinski definition) is 3. The van der Waals surface area contributed by atoms with Gasteiger partial charge in [0.25, 0.3) is 0 Å². The highest BCUT2D eigenvalue weighted by Crippen LogP contribution is 2.27. The fraction of sp³-hybridized carbons (Fsp3) is 0.385. The molecule has 1 fully saturated rings. The third kappa shape index (κ3) is 2.56. The van der Waals surface area contributed by atoms with Crippen LogP contribution >= 0.6 is 15.9 Å². The van der Waals surface area contributed by atoms with Gasteiger partial charge in [-0.1, -0.05) is 6.42 Å². The largest absolute Gasteiger partial charge is 0.490 e. The Hall–Kier alpha value is -1.36. The van der Waals surface area contributed by atoms with Crippen molar-refractivity contribution in [1.82, 2.24) is 14.8 Å². The zero-order chi connectivity index (χ0) is 12.4. The SMILES string of the molecule is Brc1ccc(-n2cc(OCC3CCC3)cn2)nc1. The van der Waals surface area contributed by atoms with Crippen LogP contribution < -0.4 is 4.74 Å². The van der Waals surface area contributed by atoms with E-state index in [0.717, 1.165) is 28.6 Å². The van der Waals surface area contributed by atoms with Gasteiger partial charge in [-0.25, -0.2) is 9.67 Å². The molecular weight excluding hydrogens is 294 g/mol. The summed E-state index contributed by atoms with van der Waals surface area (Å²) in [5.41, 5.74) is 0. The van der Waals surface area contributed by atoms with Crippen LogP contribution in [0.4, 0.5) is 0 Å². The van der Waals surface area contributed by atoms with Gasteiger partial charge in [-0.15, -0.1) is 0 Å². The molecule has 94 valence electrons. The van der Waals surface area contributed by atoms with Gasteiger partial charge in [0.1, 0.15) is 0 Å². The number of nitrogens with zero attached hydrogens (tertiary/aromatic N) is 3. The van der Waals surface area contributed by atoms with Gasteiger partial charge < -0.3 is 4.74 Å². The second-order valence-corrected chi connectivity index (χ2v) is 5.48. The molecule has 0 atom stereocenters. The van der Waals surface area contributed by atoms with Gasteiger partial charge in [0.05, 0.1) is 19.0 Å². The molecule has 0 saturated heterocycles. The molecular formula is C13H14BrN3O. The van der Waals surface area contributed by atoms with Crippen molar-refractivity contribution in [2.45, 2.75) is 19.3 Å². The molecule has 2 aromatic rings. The molecule has 1 aliphatic carbocycles. The lowest BCUT2D eigenvalue weighted by atomic mass is 9.86. The van der Waals surface area contributed by atoms with E-state index < -0.39 is 0 Å². The van der Waals surface area contributed by atoms with Gasteiger partial charge in [0.15, 0.2) is 11.6 Å². The number of pyridine rings is 1. The first-order valence-electron chi connectivity index (χ1n) is 6.11. The third-order valence-electron chi connectivity index (χ3n) is 3.22. The molecule has 1 saturated carbocycles. The van der Waals surface area contributed by atoms with E-state index in [9.17, 15) is 0 Å². The maximum Gasteiger partial charge on any atom is 0.157 e. The van der Waals surface area contributed by atoms with Crippen molar-refractivity contribution in [2.75, 3.05) is 6.61 Å². The zero-order valence-electron chi connectivity index (χ0n) is 9.92. The van der Waals surface area contributed by atoms with Crippen LogP contribution in [0, 0.1) is 5.92 Å². The van der Waals surface area contributed by atoms with Gasteiger partial charge in [0.2, 0.25) is 0 Å². The molecule has 0 spiro atoms. The predicted molar refractivity (Wildman–Crippen MR) is 71.9 cm³/mol. The summed E-state index contributed by atoms with van der Waals surface area (Å²) in [6, 6.07) is 3.85. The van der Waals surface area contributed by atoms with Crippen LogP contribution in [0.1, 0.15) is 19.3 Å². The summed E-state index contributed by atoms with van der Waals surface area (Å²) < 4.78 is 8.40. The predicted octanol–water partition coefficient (Wildman–Crippen LogP) is 3.21. The van der Waals surface area contributed by atoms with Gasteiger partial charge in [-0.2, -0.15) is 5.10 Å². The molecule has 0 aromatic carbocycles. The van der Waals surface area contributed by atoms with E-state index in [-0.39, 0.29) is 0 Å². The molecule has 1 aliphatic rings. The molecule has 0 unspecified atom stereocenters. The van der Waals surface area contributed by atoms with Crippen molar-refractivity contribution >= 4 is 15.9 Å². The quantitative estimate of drug-likeness (QED) is 0.871. The monoisotopic (exact) mass is 307 g/mol. The normalized spacial score (nSPS) is 15.4. The minimum Gasteiger partial charge on any atom is -0.490 e. The molecule has 2 aromatic heterocycles. The summed E-state index contributed by atoms with van der Waals surface area (Å²) in [7, 11) is 0. The number of hydrogen-bond donors (Lipinski definition) is 0. The smallest absolute Gasteiger partial charge is 0.157 e. The van der Waals surface area contributed by atoms with Gasteiger partial charge >= 0.3 is 0 Å². The van der Waals surface area contributed by atoms with Crippen LogP contribution in [0.2, 0.25) is 0 Å². The molecule has 0 bridgehead atoms. The Morgan fingerprint density at radius 1 is 1.33 bits per heavy atom. The molecule has 4 nitrogen and oxygen atoms in total. The van der Waals surface area contributed by atoms with Gasteiger partial charge in [-0.05, 0) is 46.8 Å². The molecule has 0 aliphatic heterocycles. The second kappa shape index (κ2) is 5.10. The van der Waals surface area contributed by atoms with Crippen molar-refractivity contribution in [3.05, 3.63) is 35.2 Å². The summed E-state index contributed by atoms with van der Waals surface area (Å²) in [5, 5.41) is 4.25. The van der Waals surface area contributed by atoms with Crippen LogP contribution in [0.5, 0.6) is 5.75 Å². The maximum atomic E-state index is 5.72. The standard InChI is InChI=1S/C13H14BrN3O/c14-11-4-5-13(15-6-11)17-8-12(7-16-17)18-9-10-2-1-3-10/h4-8,10H,1-3,9H2. The maximum absolute atomic E-state index is 5.72. The summed E-state index contributed by atoms with van der Waals surface area (Å²) in [4.78, 5) is 4.28. The lowest BCUT2D eigenvalue weighted by Crippen LogP contribution is -2.19. The number of aromatic nitrogens is 3. The van der Waals surface area contributed by atoms with Gasteiger partial charge in [0, 0.05) is 10.7 Å². The zero-order valence-corrected chi connectivity index (χ0v) is 11.5. The molecule has 2 heterocycles. The Morgan fingerprint density at radius 2 is 2.22 bits per heavy atom. The summed E-state index contributed by atoms with van der Waals surface area (Å²) >= 11 is 3.36. The van der Waals surface area contributed by atoms with E-state index in [1.54, 1.807) is 17.1 Å². The van der Waals surface area contributed by atoms with Crippen molar-refractivity contribution in [2.24, 2.45) is 5.92 Å². The van der Waals surface area contributed by atoms with E-state index in [1.807, 2.05) is 18.3 Å². The Balaban J connectivity index is 1.66. The number of rotatable bonds is 4. The molecule has 0 N–H and O–H groups in total. The average Bonchev–Trinajstić information content (AvgIpc) is 2.77. The van der Waals surface area contributed by atoms with E-state index >= 15 is 0 Å². The third-order valence-corrected chi connectivity index (χ3v) is 3.68. The topological polar surface area (TPSA) is 39.9 Å². The highest BCUT2D eigenvalue weighted by molar-refractivity contribution is 9.10. The average molecular weight is 308 g/mol. The van der Waals surface area contributed by atoms with E-state index in [2.05, 4.69) is 26.0 Å². The van der Waals surface area contributed by atoms with Crippen molar-refractivity contribution < 1.29 is 4.74 Å². The lowest BCUT2D eigenvalue weighted by molar-refractivity contribution is 0.180. The Bertz CT molecular complexity index is 519. The highest BCUT2D eigenvalue weighted by Gasteiger charge is 2.18. The fourth-order valence-electron chi connectivity index (χ4n) is 1.88. The van der Waals surface area contributed by atoms with Crippen LogP contribution in [-0.2, 0) is 0 Å². The summed E-state index contributed by atoms with van der Waals surface area (Å²) in [6.45, 7) is 0.805.